The first-order valence-corrected chi connectivity index (χ1v) is 7.30. The van der Waals surface area contributed by atoms with E-state index in [2.05, 4.69) is 19.9 Å². The third-order valence-electron chi connectivity index (χ3n) is 2.90. The summed E-state index contributed by atoms with van der Waals surface area (Å²) in [4.78, 5) is 10.6. The van der Waals surface area contributed by atoms with Gasteiger partial charge in [0.25, 0.3) is 0 Å². The van der Waals surface area contributed by atoms with Gasteiger partial charge in [-0.15, -0.1) is 0 Å². The highest BCUT2D eigenvalue weighted by atomic mass is 16.4. The molecule has 104 valence electrons. The number of carboxylic acid groups (broad SMARTS) is 1. The van der Waals surface area contributed by atoms with E-state index in [1.165, 1.54) is 44.6 Å². The Bertz CT molecular complexity index is 264. The van der Waals surface area contributed by atoms with Gasteiger partial charge in [0.15, 0.2) is 0 Å². The second-order valence-corrected chi connectivity index (χ2v) is 4.77. The van der Waals surface area contributed by atoms with E-state index in [0.717, 1.165) is 24.8 Å². The maximum Gasteiger partial charge on any atom is 0.328 e. The molecule has 0 aromatic rings. The molecule has 0 aliphatic heterocycles. The lowest BCUT2D eigenvalue weighted by atomic mass is 10.1. The molecule has 0 aromatic heterocycles. The van der Waals surface area contributed by atoms with Crippen molar-refractivity contribution in [2.45, 2.75) is 71.6 Å². The van der Waals surface area contributed by atoms with Crippen LogP contribution in [0.15, 0.2) is 23.8 Å². The van der Waals surface area contributed by atoms with E-state index >= 15 is 0 Å². The van der Waals surface area contributed by atoms with Crippen LogP contribution in [0.4, 0.5) is 0 Å². The molecule has 0 fully saturated rings. The molecule has 0 bridgehead atoms. The fourth-order valence-corrected chi connectivity index (χ4v) is 1.93. The van der Waals surface area contributed by atoms with E-state index < -0.39 is 5.97 Å². The highest BCUT2D eigenvalue weighted by molar-refractivity contribution is 5.81. The van der Waals surface area contributed by atoms with Crippen molar-refractivity contribution in [3.63, 3.8) is 0 Å². The SMILES string of the molecule is CCCCCCCCC=CC(=CC(=O)O)CCC. The molecule has 0 unspecified atom stereocenters. The first kappa shape index (κ1) is 16.9. The largest absolute Gasteiger partial charge is 0.478 e. The normalized spacial score (nSPS) is 12.2. The Kier molecular flexibility index (Phi) is 11.7. The molecule has 2 nitrogen and oxygen atoms in total. The monoisotopic (exact) mass is 252 g/mol. The Morgan fingerprint density at radius 2 is 1.67 bits per heavy atom. The van der Waals surface area contributed by atoms with Crippen LogP contribution in [-0.2, 0) is 4.79 Å². The molecule has 0 amide bonds. The molecule has 0 saturated carbocycles. The highest BCUT2D eigenvalue weighted by Crippen LogP contribution is 2.10. The lowest BCUT2D eigenvalue weighted by Crippen LogP contribution is -1.90. The standard InChI is InChI=1S/C16H28O2/c1-3-5-6-7-8-9-10-11-13-15(12-4-2)14-16(17)18/h11,13-14H,3-10,12H2,1-2H3,(H,17,18). The molecule has 0 aliphatic carbocycles. The van der Waals surface area contributed by atoms with Crippen molar-refractivity contribution < 1.29 is 9.90 Å². The van der Waals surface area contributed by atoms with Gasteiger partial charge in [-0.2, -0.15) is 0 Å². The maximum atomic E-state index is 10.6. The Labute approximate surface area is 112 Å². The minimum atomic E-state index is -0.845. The number of hydrogen-bond acceptors (Lipinski definition) is 1. The van der Waals surface area contributed by atoms with E-state index in [9.17, 15) is 4.79 Å². The summed E-state index contributed by atoms with van der Waals surface area (Å²) in [7, 11) is 0. The van der Waals surface area contributed by atoms with Gasteiger partial charge in [-0.3, -0.25) is 0 Å². The maximum absolute atomic E-state index is 10.6. The first-order valence-electron chi connectivity index (χ1n) is 7.30. The molecule has 0 spiro atoms. The summed E-state index contributed by atoms with van der Waals surface area (Å²) in [5.41, 5.74) is 0.927. The molecular weight excluding hydrogens is 224 g/mol. The summed E-state index contributed by atoms with van der Waals surface area (Å²) in [5.74, 6) is -0.845. The van der Waals surface area contributed by atoms with E-state index in [1.807, 2.05) is 6.08 Å². The van der Waals surface area contributed by atoms with Gasteiger partial charge in [0.1, 0.15) is 0 Å². The molecule has 0 atom stereocenters. The molecule has 0 aliphatic rings. The predicted octanol–water partition coefficient (Wildman–Crippen LogP) is 5.10. The van der Waals surface area contributed by atoms with Crippen LogP contribution in [0, 0.1) is 0 Å². The van der Waals surface area contributed by atoms with Gasteiger partial charge in [0, 0.05) is 6.08 Å². The molecule has 2 heteroatoms. The van der Waals surface area contributed by atoms with E-state index in [4.69, 9.17) is 5.11 Å². The quantitative estimate of drug-likeness (QED) is 0.315. The molecule has 0 radical (unpaired) electrons. The smallest absolute Gasteiger partial charge is 0.328 e. The summed E-state index contributed by atoms with van der Waals surface area (Å²) in [6, 6.07) is 0. The fraction of sp³-hybridized carbons (Fsp3) is 0.688. The van der Waals surface area contributed by atoms with E-state index in [0.29, 0.717) is 0 Å². The van der Waals surface area contributed by atoms with Gasteiger partial charge in [-0.1, -0.05) is 64.5 Å². The van der Waals surface area contributed by atoms with Crippen molar-refractivity contribution in [2.24, 2.45) is 0 Å². The summed E-state index contributed by atoms with van der Waals surface area (Å²) in [5, 5.41) is 8.72. The van der Waals surface area contributed by atoms with Crippen LogP contribution >= 0.6 is 0 Å². The van der Waals surface area contributed by atoms with Crippen LogP contribution in [0.25, 0.3) is 0 Å². The van der Waals surface area contributed by atoms with Crippen molar-refractivity contribution >= 4 is 5.97 Å². The number of rotatable bonds is 11. The van der Waals surface area contributed by atoms with Crippen LogP contribution < -0.4 is 0 Å². The van der Waals surface area contributed by atoms with Crippen LogP contribution in [0.3, 0.4) is 0 Å². The van der Waals surface area contributed by atoms with E-state index in [1.54, 1.807) is 0 Å². The number of allylic oxidation sites excluding steroid dienone is 3. The molecule has 0 heterocycles. The molecule has 0 rings (SSSR count). The summed E-state index contributed by atoms with van der Waals surface area (Å²) in [6.45, 7) is 4.30. The highest BCUT2D eigenvalue weighted by Gasteiger charge is 1.95. The molecule has 0 aromatic carbocycles. The number of carboxylic acids is 1. The number of carbonyl (C=O) groups is 1. The minimum Gasteiger partial charge on any atom is -0.478 e. The van der Waals surface area contributed by atoms with Crippen molar-refractivity contribution in [3.8, 4) is 0 Å². The average Bonchev–Trinajstić information content (AvgIpc) is 2.32. The number of aliphatic carboxylic acids is 1. The van der Waals surface area contributed by atoms with Crippen molar-refractivity contribution in [1.29, 1.82) is 0 Å². The zero-order valence-electron chi connectivity index (χ0n) is 12.0. The van der Waals surface area contributed by atoms with Gasteiger partial charge in [0.2, 0.25) is 0 Å². The van der Waals surface area contributed by atoms with Gasteiger partial charge in [0.05, 0.1) is 0 Å². The summed E-state index contributed by atoms with van der Waals surface area (Å²) in [6.07, 6.45) is 16.1. The Hall–Kier alpha value is -1.05. The van der Waals surface area contributed by atoms with Gasteiger partial charge in [-0.05, 0) is 24.8 Å². The zero-order valence-corrected chi connectivity index (χ0v) is 12.0. The van der Waals surface area contributed by atoms with Gasteiger partial charge >= 0.3 is 5.97 Å². The van der Waals surface area contributed by atoms with Crippen LogP contribution in [0.5, 0.6) is 0 Å². The van der Waals surface area contributed by atoms with Crippen LogP contribution in [-0.4, -0.2) is 11.1 Å². The topological polar surface area (TPSA) is 37.3 Å². The van der Waals surface area contributed by atoms with Crippen molar-refractivity contribution in [3.05, 3.63) is 23.8 Å². The molecule has 1 N–H and O–H groups in total. The van der Waals surface area contributed by atoms with Crippen molar-refractivity contribution in [2.75, 3.05) is 0 Å². The van der Waals surface area contributed by atoms with Gasteiger partial charge in [-0.25, -0.2) is 4.79 Å². The zero-order chi connectivity index (χ0) is 13.6. The average molecular weight is 252 g/mol. The van der Waals surface area contributed by atoms with Gasteiger partial charge < -0.3 is 5.11 Å². The predicted molar refractivity (Wildman–Crippen MR) is 77.8 cm³/mol. The van der Waals surface area contributed by atoms with Crippen LogP contribution in [0.1, 0.15) is 71.6 Å². The lowest BCUT2D eigenvalue weighted by molar-refractivity contribution is -0.131. The Morgan fingerprint density at radius 1 is 1.00 bits per heavy atom. The summed E-state index contributed by atoms with van der Waals surface area (Å²) < 4.78 is 0. The third kappa shape index (κ3) is 11.4. The van der Waals surface area contributed by atoms with Crippen LogP contribution in [0.2, 0.25) is 0 Å². The third-order valence-corrected chi connectivity index (χ3v) is 2.90. The Morgan fingerprint density at radius 3 is 2.28 bits per heavy atom. The lowest BCUT2D eigenvalue weighted by Gasteiger charge is -1.99. The second kappa shape index (κ2) is 12.4. The van der Waals surface area contributed by atoms with E-state index in [-0.39, 0.29) is 0 Å². The van der Waals surface area contributed by atoms with Crippen molar-refractivity contribution in [1.82, 2.24) is 0 Å². The number of unbranched alkanes of at least 4 members (excludes halogenated alkanes) is 6. The second-order valence-electron chi connectivity index (χ2n) is 4.77. The first-order chi connectivity index (χ1) is 8.70. The fourth-order valence-electron chi connectivity index (χ4n) is 1.93. The Balaban J connectivity index is 3.74. The number of hydrogen-bond donors (Lipinski definition) is 1. The summed E-state index contributed by atoms with van der Waals surface area (Å²) >= 11 is 0. The molecular formula is C16H28O2. The molecule has 18 heavy (non-hydrogen) atoms. The minimum absolute atomic E-state index is 0.845. The molecule has 0 saturated heterocycles.